The van der Waals surface area contributed by atoms with E-state index in [1.54, 1.807) is 48.8 Å². The van der Waals surface area contributed by atoms with E-state index < -0.39 is 23.3 Å². The third-order valence-electron chi connectivity index (χ3n) is 7.71. The minimum Gasteiger partial charge on any atom is -0.578 e. The minimum absolute atomic E-state index is 0. The normalized spacial score (nSPS) is 11.3. The van der Waals surface area contributed by atoms with Gasteiger partial charge >= 0.3 is 40.8 Å². The maximum absolute atomic E-state index is 13.2. The molecule has 0 unspecified atom stereocenters. The summed E-state index contributed by atoms with van der Waals surface area (Å²) in [5.41, 5.74) is 6.03. The van der Waals surface area contributed by atoms with Crippen LogP contribution in [0.15, 0.2) is 85.2 Å². The quantitative estimate of drug-likeness (QED) is 0.0977. The molecule has 0 aliphatic rings. The molecule has 6 aromatic rings. The molecule has 4 aromatic heterocycles. The van der Waals surface area contributed by atoms with Crippen molar-refractivity contribution in [1.29, 1.82) is 0 Å². The van der Waals surface area contributed by atoms with E-state index in [4.69, 9.17) is 0 Å². The average Bonchev–Trinajstić information content (AvgIpc) is 3.79. The first-order chi connectivity index (χ1) is 25.0. The van der Waals surface area contributed by atoms with Gasteiger partial charge in [0.15, 0.2) is 0 Å². The van der Waals surface area contributed by atoms with Gasteiger partial charge in [0.1, 0.15) is 0 Å². The number of benzene rings is 2. The number of pyridine rings is 2. The number of hydrogen-bond donors (Lipinski definition) is 0. The number of hydrogen-bond acceptors (Lipinski definition) is 4. The molecular formula is C44H50F4N6Pd2. The van der Waals surface area contributed by atoms with E-state index in [1.165, 1.54) is 0 Å². The molecule has 0 N–H and O–H groups in total. The van der Waals surface area contributed by atoms with Crippen LogP contribution in [-0.4, -0.2) is 20.2 Å². The van der Waals surface area contributed by atoms with Gasteiger partial charge in [-0.25, -0.2) is 0 Å². The molecule has 0 saturated heterocycles. The van der Waals surface area contributed by atoms with Crippen LogP contribution < -0.4 is 10.2 Å². The number of halogens is 4. The van der Waals surface area contributed by atoms with Crippen molar-refractivity contribution in [2.45, 2.75) is 105 Å². The Balaban J connectivity index is 0.000000369. The first-order valence-corrected chi connectivity index (χ1v) is 17.6. The van der Waals surface area contributed by atoms with Gasteiger partial charge in [0.05, 0.1) is 0 Å². The van der Waals surface area contributed by atoms with Crippen molar-refractivity contribution in [2.24, 2.45) is 0 Å². The largest absolute Gasteiger partial charge is 2.00 e. The second-order valence-corrected chi connectivity index (χ2v) is 16.7. The van der Waals surface area contributed by atoms with E-state index in [1.807, 2.05) is 0 Å². The van der Waals surface area contributed by atoms with Crippen molar-refractivity contribution in [3.63, 3.8) is 0 Å². The van der Waals surface area contributed by atoms with Crippen LogP contribution in [0.5, 0.6) is 0 Å². The Morgan fingerprint density at radius 1 is 0.482 bits per heavy atom. The first kappa shape index (κ1) is 50.2. The van der Waals surface area contributed by atoms with Gasteiger partial charge in [-0.15, -0.1) is 35.7 Å². The molecule has 4 heterocycles. The molecular weight excluding hydrogens is 901 g/mol. The number of rotatable bonds is 2. The van der Waals surface area contributed by atoms with E-state index in [-0.39, 0.29) is 73.6 Å². The van der Waals surface area contributed by atoms with Crippen molar-refractivity contribution in [1.82, 2.24) is 30.4 Å². The van der Waals surface area contributed by atoms with Crippen molar-refractivity contribution in [2.75, 3.05) is 0 Å². The molecule has 0 saturated carbocycles. The third kappa shape index (κ3) is 15.6. The van der Waals surface area contributed by atoms with Gasteiger partial charge in [-0.1, -0.05) is 143 Å². The average molecular weight is 952 g/mol. The zero-order valence-corrected chi connectivity index (χ0v) is 37.0. The maximum atomic E-state index is 13.2. The van der Waals surface area contributed by atoms with Crippen LogP contribution in [0.2, 0.25) is 0 Å². The zero-order valence-electron chi connectivity index (χ0n) is 33.9. The predicted molar refractivity (Wildman–Crippen MR) is 207 cm³/mol. The van der Waals surface area contributed by atoms with Crippen LogP contribution >= 0.6 is 0 Å². The fourth-order valence-electron chi connectivity index (χ4n) is 4.36. The van der Waals surface area contributed by atoms with Crippen molar-refractivity contribution in [3.8, 4) is 22.5 Å². The fourth-order valence-corrected chi connectivity index (χ4v) is 4.36. The Kier molecular flexibility index (Phi) is 18.9. The summed E-state index contributed by atoms with van der Waals surface area (Å²) in [4.78, 5) is 7.89. The Bertz CT molecular complexity index is 1850. The molecule has 0 aliphatic heterocycles. The fraction of sp³-hybridized carbons (Fsp3) is 0.364. The third-order valence-corrected chi connectivity index (χ3v) is 7.71. The van der Waals surface area contributed by atoms with E-state index in [9.17, 15) is 17.6 Å². The second kappa shape index (κ2) is 21.1. The molecule has 304 valence electrons. The summed E-state index contributed by atoms with van der Waals surface area (Å²) in [5.74, 6) is -2.57. The van der Waals surface area contributed by atoms with Crippen LogP contribution in [0.1, 0.15) is 106 Å². The summed E-state index contributed by atoms with van der Waals surface area (Å²) in [6.45, 7) is 25.9. The Labute approximate surface area is 357 Å². The van der Waals surface area contributed by atoms with Crippen LogP contribution in [0.3, 0.4) is 0 Å². The molecule has 56 heavy (non-hydrogen) atoms. The summed E-state index contributed by atoms with van der Waals surface area (Å²) in [7, 11) is 0. The summed E-state index contributed by atoms with van der Waals surface area (Å²) in [6, 6.07) is 23.3. The molecule has 6 nitrogen and oxygen atoms in total. The van der Waals surface area contributed by atoms with Gasteiger partial charge in [0.2, 0.25) is 0 Å². The summed E-state index contributed by atoms with van der Waals surface area (Å²) in [5, 5.41) is 16.8. The van der Waals surface area contributed by atoms with Crippen molar-refractivity contribution >= 4 is 0 Å². The molecule has 6 rings (SSSR count). The molecule has 0 aliphatic carbocycles. The summed E-state index contributed by atoms with van der Waals surface area (Å²) in [6.07, 6.45) is 3.10. The zero-order chi connectivity index (χ0) is 40.5. The molecule has 0 amide bonds. The number of nitrogens with zero attached hydrogens (tertiary/aromatic N) is 6. The molecule has 2 aromatic carbocycles. The Hall–Kier alpha value is -3.80. The van der Waals surface area contributed by atoms with Gasteiger partial charge < -0.3 is 30.4 Å². The van der Waals surface area contributed by atoms with E-state index in [0.717, 1.165) is 47.0 Å². The first-order valence-electron chi connectivity index (χ1n) is 17.6. The van der Waals surface area contributed by atoms with E-state index >= 15 is 0 Å². The standard InChI is InChI=1S/2C11H6F2N.2C11H19N2.2Pd/c2*12-8-4-5-9(10(13)7-8)11-3-1-2-6-14-11;2*1-10(2,3)8-7-9(13-12-8)11(4,5)6;;/h2*1-4,6-7H;2*7H,1-6H3;;/q4*-1;2*+2. The van der Waals surface area contributed by atoms with E-state index in [2.05, 4.69) is 138 Å². The van der Waals surface area contributed by atoms with Crippen LogP contribution in [0.25, 0.3) is 22.5 Å². The maximum Gasteiger partial charge on any atom is 2.00 e. The monoisotopic (exact) mass is 950 g/mol. The van der Waals surface area contributed by atoms with Gasteiger partial charge in [0.25, 0.3) is 0 Å². The van der Waals surface area contributed by atoms with Crippen molar-refractivity contribution < 1.29 is 58.4 Å². The predicted octanol–water partition coefficient (Wildman–Crippen LogP) is 10.9. The SMILES string of the molecule is CC(C)(C)c1cc(C(C)(C)C)[n-]n1.CC(C)(C)c1cc(C(C)(C)C)[n-]n1.Fc1c[c-]c(-c2ccccn2)c(F)c1.Fc1c[c-]c(-c2ccccn2)c(F)c1.[Pd+2].[Pd+2]. The van der Waals surface area contributed by atoms with Crippen LogP contribution in [-0.2, 0) is 62.5 Å². The van der Waals surface area contributed by atoms with E-state index in [0.29, 0.717) is 11.4 Å². The van der Waals surface area contributed by atoms with Crippen molar-refractivity contribution in [3.05, 3.63) is 143 Å². The second-order valence-electron chi connectivity index (χ2n) is 16.7. The Morgan fingerprint density at radius 3 is 1.04 bits per heavy atom. The van der Waals surface area contributed by atoms with Crippen LogP contribution in [0, 0.1) is 35.4 Å². The number of aromatic nitrogens is 6. The van der Waals surface area contributed by atoms with Crippen LogP contribution in [0.4, 0.5) is 17.6 Å². The molecule has 0 radical (unpaired) electrons. The Morgan fingerprint density at radius 2 is 0.821 bits per heavy atom. The molecule has 0 fully saturated rings. The van der Waals surface area contributed by atoms with Gasteiger partial charge in [0, 0.05) is 57.9 Å². The van der Waals surface area contributed by atoms with Gasteiger partial charge in [-0.05, 0) is 34.4 Å². The van der Waals surface area contributed by atoms with Gasteiger partial charge in [-0.2, -0.15) is 0 Å². The smallest absolute Gasteiger partial charge is 0.578 e. The molecule has 12 heteroatoms. The van der Waals surface area contributed by atoms with Gasteiger partial charge in [-0.3, -0.25) is 17.6 Å². The molecule has 0 bridgehead atoms. The summed E-state index contributed by atoms with van der Waals surface area (Å²) >= 11 is 0. The summed E-state index contributed by atoms with van der Waals surface area (Å²) < 4.78 is 51.6. The topological polar surface area (TPSA) is 79.8 Å². The molecule has 0 atom stereocenters. The molecule has 0 spiro atoms. The minimum atomic E-state index is -0.649.